The van der Waals surface area contributed by atoms with E-state index in [1.165, 1.54) is 5.56 Å². The zero-order valence-corrected chi connectivity index (χ0v) is 15.3. The van der Waals surface area contributed by atoms with Gasteiger partial charge in [0.05, 0.1) is 17.6 Å². The van der Waals surface area contributed by atoms with Crippen LogP contribution in [0.15, 0.2) is 42.5 Å². The van der Waals surface area contributed by atoms with Crippen molar-refractivity contribution in [3.8, 4) is 11.8 Å². The summed E-state index contributed by atoms with van der Waals surface area (Å²) in [6.07, 6.45) is 3.80. The maximum absolute atomic E-state index is 13.2. The van der Waals surface area contributed by atoms with Gasteiger partial charge in [0.25, 0.3) is 0 Å². The van der Waals surface area contributed by atoms with Crippen LogP contribution in [0.2, 0.25) is 0 Å². The summed E-state index contributed by atoms with van der Waals surface area (Å²) >= 11 is 0. The van der Waals surface area contributed by atoms with Gasteiger partial charge in [-0.05, 0) is 50.5 Å². The van der Waals surface area contributed by atoms with Gasteiger partial charge in [-0.1, -0.05) is 42.7 Å². The molecule has 2 aromatic carbocycles. The zero-order chi connectivity index (χ0) is 18.6. The van der Waals surface area contributed by atoms with Gasteiger partial charge in [-0.25, -0.2) is 0 Å². The molecule has 0 bridgehead atoms. The number of carbonyl (C=O) groups excluding carboxylic acids is 1. The highest BCUT2D eigenvalue weighted by molar-refractivity contribution is 5.99. The van der Waals surface area contributed by atoms with Gasteiger partial charge in [0.15, 0.2) is 0 Å². The summed E-state index contributed by atoms with van der Waals surface area (Å²) < 4.78 is 5.45. The normalized spacial score (nSPS) is 15.3. The van der Waals surface area contributed by atoms with Crippen molar-refractivity contribution in [2.75, 3.05) is 11.9 Å². The molecule has 0 aliphatic heterocycles. The molecular formula is C22H24N2O2. The van der Waals surface area contributed by atoms with E-state index in [2.05, 4.69) is 42.6 Å². The molecule has 26 heavy (non-hydrogen) atoms. The van der Waals surface area contributed by atoms with E-state index in [0.717, 1.165) is 31.2 Å². The van der Waals surface area contributed by atoms with Gasteiger partial charge in [-0.15, -0.1) is 0 Å². The first-order chi connectivity index (χ1) is 12.6. The Kier molecular flexibility index (Phi) is 5.27. The number of ether oxygens (including phenoxy) is 1. The second kappa shape index (κ2) is 7.61. The third kappa shape index (κ3) is 3.43. The molecule has 4 heteroatoms. The minimum Gasteiger partial charge on any atom is -0.492 e. The molecular weight excluding hydrogens is 324 g/mol. The van der Waals surface area contributed by atoms with Crippen molar-refractivity contribution in [2.45, 2.75) is 44.9 Å². The Labute approximate surface area is 154 Å². The number of benzene rings is 2. The number of amides is 1. The minimum absolute atomic E-state index is 0.00639. The predicted octanol–water partition coefficient (Wildman–Crippen LogP) is 4.72. The summed E-state index contributed by atoms with van der Waals surface area (Å²) in [5, 5.41) is 12.4. The topological polar surface area (TPSA) is 62.1 Å². The van der Waals surface area contributed by atoms with E-state index in [0.29, 0.717) is 23.6 Å². The van der Waals surface area contributed by atoms with Crippen molar-refractivity contribution in [1.29, 1.82) is 5.26 Å². The van der Waals surface area contributed by atoms with E-state index in [1.54, 1.807) is 18.2 Å². The van der Waals surface area contributed by atoms with Crippen molar-refractivity contribution in [3.05, 3.63) is 59.2 Å². The SMILES string of the molecule is CCOc1ccc(NC(=O)C2(c3ccc(C)cc3)CCCC2)cc1C#N. The molecule has 134 valence electrons. The van der Waals surface area contributed by atoms with Gasteiger partial charge in [-0.2, -0.15) is 5.26 Å². The van der Waals surface area contributed by atoms with Gasteiger partial charge in [0.2, 0.25) is 5.91 Å². The van der Waals surface area contributed by atoms with Crippen LogP contribution in [0.1, 0.15) is 49.3 Å². The second-order valence-corrected chi connectivity index (χ2v) is 6.87. The standard InChI is InChI=1S/C22H24N2O2/c1-3-26-20-11-10-19(14-17(20)15-23)24-21(25)22(12-4-5-13-22)18-8-6-16(2)7-9-18/h6-11,14H,3-5,12-13H2,1-2H3,(H,24,25). The van der Waals surface area contributed by atoms with E-state index in [4.69, 9.17) is 4.74 Å². The van der Waals surface area contributed by atoms with Crippen LogP contribution in [0.25, 0.3) is 0 Å². The van der Waals surface area contributed by atoms with Crippen molar-refractivity contribution < 1.29 is 9.53 Å². The molecule has 0 radical (unpaired) electrons. The number of carbonyl (C=O) groups is 1. The van der Waals surface area contributed by atoms with E-state index in [-0.39, 0.29) is 5.91 Å². The van der Waals surface area contributed by atoms with Crippen molar-refractivity contribution in [2.24, 2.45) is 0 Å². The van der Waals surface area contributed by atoms with Crippen LogP contribution >= 0.6 is 0 Å². The first kappa shape index (κ1) is 18.0. The Balaban J connectivity index is 1.87. The molecule has 2 aromatic rings. The molecule has 1 aliphatic rings. The smallest absolute Gasteiger partial charge is 0.235 e. The lowest BCUT2D eigenvalue weighted by atomic mass is 9.77. The monoisotopic (exact) mass is 348 g/mol. The van der Waals surface area contributed by atoms with Crippen molar-refractivity contribution >= 4 is 11.6 Å². The first-order valence-electron chi connectivity index (χ1n) is 9.14. The number of hydrogen-bond donors (Lipinski definition) is 1. The summed E-state index contributed by atoms with van der Waals surface area (Å²) in [5.41, 5.74) is 2.84. The molecule has 1 saturated carbocycles. The fraction of sp³-hybridized carbons (Fsp3) is 0.364. The number of nitrogens with one attached hydrogen (secondary N) is 1. The quantitative estimate of drug-likeness (QED) is 0.851. The van der Waals surface area contributed by atoms with E-state index in [9.17, 15) is 10.1 Å². The number of aryl methyl sites for hydroxylation is 1. The van der Waals surface area contributed by atoms with Gasteiger partial charge >= 0.3 is 0 Å². The summed E-state index contributed by atoms with van der Waals surface area (Å²) in [6.45, 7) is 4.42. The third-order valence-electron chi connectivity index (χ3n) is 5.15. The van der Waals surface area contributed by atoms with Crippen LogP contribution in [0.4, 0.5) is 5.69 Å². The van der Waals surface area contributed by atoms with Crippen LogP contribution in [0.5, 0.6) is 5.75 Å². The molecule has 1 N–H and O–H groups in total. The third-order valence-corrected chi connectivity index (χ3v) is 5.15. The number of nitrogens with zero attached hydrogens (tertiary/aromatic N) is 1. The van der Waals surface area contributed by atoms with Crippen LogP contribution < -0.4 is 10.1 Å². The number of rotatable bonds is 5. The minimum atomic E-state index is -0.487. The molecule has 0 aromatic heterocycles. The molecule has 1 amide bonds. The van der Waals surface area contributed by atoms with E-state index < -0.39 is 5.41 Å². The number of anilines is 1. The molecule has 1 aliphatic carbocycles. The van der Waals surface area contributed by atoms with Crippen LogP contribution in [0, 0.1) is 18.3 Å². The maximum atomic E-state index is 13.2. The van der Waals surface area contributed by atoms with Crippen LogP contribution in [0.3, 0.4) is 0 Å². The maximum Gasteiger partial charge on any atom is 0.235 e. The Morgan fingerprint density at radius 2 is 1.88 bits per heavy atom. The van der Waals surface area contributed by atoms with E-state index >= 15 is 0 Å². The fourth-order valence-corrected chi connectivity index (χ4v) is 3.73. The second-order valence-electron chi connectivity index (χ2n) is 6.87. The van der Waals surface area contributed by atoms with E-state index in [1.807, 2.05) is 6.92 Å². The van der Waals surface area contributed by atoms with Crippen LogP contribution in [-0.4, -0.2) is 12.5 Å². The lowest BCUT2D eigenvalue weighted by Gasteiger charge is -2.28. The Morgan fingerprint density at radius 3 is 2.50 bits per heavy atom. The lowest BCUT2D eigenvalue weighted by Crippen LogP contribution is -2.38. The average Bonchev–Trinajstić information content (AvgIpc) is 3.15. The Morgan fingerprint density at radius 1 is 1.19 bits per heavy atom. The van der Waals surface area contributed by atoms with Crippen molar-refractivity contribution in [3.63, 3.8) is 0 Å². The molecule has 0 spiro atoms. The molecule has 0 saturated heterocycles. The summed E-state index contributed by atoms with van der Waals surface area (Å²) in [4.78, 5) is 13.2. The summed E-state index contributed by atoms with van der Waals surface area (Å²) in [5.74, 6) is 0.550. The lowest BCUT2D eigenvalue weighted by molar-refractivity contribution is -0.121. The number of hydrogen-bond acceptors (Lipinski definition) is 3. The largest absolute Gasteiger partial charge is 0.492 e. The van der Waals surface area contributed by atoms with Gasteiger partial charge < -0.3 is 10.1 Å². The zero-order valence-electron chi connectivity index (χ0n) is 15.3. The molecule has 0 heterocycles. The fourth-order valence-electron chi connectivity index (χ4n) is 3.73. The molecule has 0 unspecified atom stereocenters. The predicted molar refractivity (Wildman–Crippen MR) is 102 cm³/mol. The molecule has 0 atom stereocenters. The van der Waals surface area contributed by atoms with Gasteiger partial charge in [0.1, 0.15) is 11.8 Å². The highest BCUT2D eigenvalue weighted by atomic mass is 16.5. The number of nitriles is 1. The summed E-state index contributed by atoms with van der Waals surface area (Å²) in [7, 11) is 0. The Hall–Kier alpha value is -2.80. The molecule has 3 rings (SSSR count). The van der Waals surface area contributed by atoms with Gasteiger partial charge in [-0.3, -0.25) is 4.79 Å². The highest BCUT2D eigenvalue weighted by Crippen LogP contribution is 2.42. The summed E-state index contributed by atoms with van der Waals surface area (Å²) in [6, 6.07) is 15.6. The molecule has 4 nitrogen and oxygen atoms in total. The van der Waals surface area contributed by atoms with Crippen LogP contribution in [-0.2, 0) is 10.2 Å². The Bertz CT molecular complexity index is 828. The average molecular weight is 348 g/mol. The highest BCUT2D eigenvalue weighted by Gasteiger charge is 2.42. The first-order valence-corrected chi connectivity index (χ1v) is 9.14. The van der Waals surface area contributed by atoms with Gasteiger partial charge in [0, 0.05) is 5.69 Å². The van der Waals surface area contributed by atoms with Crippen molar-refractivity contribution in [1.82, 2.24) is 0 Å². The molecule has 1 fully saturated rings.